The molecule has 1 amide bonds. The van der Waals surface area contributed by atoms with Crippen molar-refractivity contribution in [1.29, 1.82) is 0 Å². The van der Waals surface area contributed by atoms with E-state index in [9.17, 15) is 9.18 Å². The normalized spacial score (nSPS) is 10.9. The largest absolute Gasteiger partial charge is 0.339 e. The number of halogens is 1. The molecule has 0 saturated heterocycles. The first-order chi connectivity index (χ1) is 12.7. The highest BCUT2D eigenvalue weighted by molar-refractivity contribution is 5.94. The highest BCUT2D eigenvalue weighted by atomic mass is 19.1. The van der Waals surface area contributed by atoms with E-state index in [4.69, 9.17) is 0 Å². The maximum absolute atomic E-state index is 13.5. The number of hydrogen-bond acceptors (Lipinski definition) is 1. The number of hydrogen-bond donors (Lipinski definition) is 0. The number of rotatable bonds is 15. The molecule has 0 aliphatic rings. The highest BCUT2D eigenvalue weighted by Gasteiger charge is 2.15. The molecule has 2 nitrogen and oxygen atoms in total. The second kappa shape index (κ2) is 14.8. The smallest absolute Gasteiger partial charge is 0.253 e. The van der Waals surface area contributed by atoms with Crippen LogP contribution in [0, 0.1) is 5.82 Å². The summed E-state index contributed by atoms with van der Waals surface area (Å²) < 4.78 is 13.5. The molecular weight excluding hydrogens is 325 g/mol. The van der Waals surface area contributed by atoms with Crippen LogP contribution in [-0.2, 0) is 0 Å². The molecule has 0 atom stereocenters. The molecule has 1 rings (SSSR count). The Morgan fingerprint density at radius 3 is 1.81 bits per heavy atom. The number of carbonyl (C=O) groups is 1. The van der Waals surface area contributed by atoms with Crippen molar-refractivity contribution < 1.29 is 9.18 Å². The van der Waals surface area contributed by atoms with Gasteiger partial charge in [0.15, 0.2) is 0 Å². The Morgan fingerprint density at radius 1 is 0.808 bits per heavy atom. The van der Waals surface area contributed by atoms with Crippen LogP contribution >= 0.6 is 0 Å². The molecule has 0 aromatic heterocycles. The molecule has 0 aliphatic carbocycles. The summed E-state index contributed by atoms with van der Waals surface area (Å²) in [5.41, 5.74) is 0.474. The lowest BCUT2D eigenvalue weighted by atomic mass is 10.1. The summed E-state index contributed by atoms with van der Waals surface area (Å²) in [5.74, 6) is -0.360. The Labute approximate surface area is 160 Å². The van der Waals surface area contributed by atoms with E-state index in [-0.39, 0.29) is 11.7 Å². The van der Waals surface area contributed by atoms with Gasteiger partial charge in [0.1, 0.15) is 5.82 Å². The lowest BCUT2D eigenvalue weighted by Crippen LogP contribution is -2.33. The quantitative estimate of drug-likeness (QED) is 0.307. The zero-order valence-electron chi connectivity index (χ0n) is 16.9. The first kappa shape index (κ1) is 22.7. The summed E-state index contributed by atoms with van der Waals surface area (Å²) in [7, 11) is 0. The first-order valence-corrected chi connectivity index (χ1v) is 10.7. The number of amides is 1. The Bertz CT molecular complexity index is 473. The maximum atomic E-state index is 13.5. The topological polar surface area (TPSA) is 20.3 Å². The number of unbranched alkanes of at least 4 members (excludes halogenated alkanes) is 10. The van der Waals surface area contributed by atoms with E-state index in [2.05, 4.69) is 13.8 Å². The van der Waals surface area contributed by atoms with Crippen LogP contribution in [0.4, 0.5) is 4.39 Å². The molecule has 26 heavy (non-hydrogen) atoms. The standard InChI is InChI=1S/C23H38FNO/c1-3-5-7-9-11-13-18-25(19-14-12-10-8-6-4-2)23(26)21-16-15-17-22(24)20-21/h15-17,20H,3-14,18-19H2,1-2H3. The van der Waals surface area contributed by atoms with Crippen LogP contribution in [0.15, 0.2) is 24.3 Å². The molecule has 0 unspecified atom stereocenters. The Hall–Kier alpha value is -1.38. The monoisotopic (exact) mass is 363 g/mol. The lowest BCUT2D eigenvalue weighted by molar-refractivity contribution is 0.0748. The molecule has 0 aliphatic heterocycles. The first-order valence-electron chi connectivity index (χ1n) is 10.7. The van der Waals surface area contributed by atoms with Gasteiger partial charge in [0, 0.05) is 18.7 Å². The van der Waals surface area contributed by atoms with E-state index < -0.39 is 0 Å². The molecule has 0 spiro atoms. The summed E-state index contributed by atoms with van der Waals surface area (Å²) in [4.78, 5) is 14.7. The van der Waals surface area contributed by atoms with Crippen molar-refractivity contribution in [2.24, 2.45) is 0 Å². The molecule has 148 valence electrons. The summed E-state index contributed by atoms with van der Waals surface area (Å²) in [5, 5.41) is 0. The molecule has 1 aromatic carbocycles. The fraction of sp³-hybridized carbons (Fsp3) is 0.696. The van der Waals surface area contributed by atoms with Gasteiger partial charge in [-0.3, -0.25) is 4.79 Å². The van der Waals surface area contributed by atoms with Gasteiger partial charge in [0.05, 0.1) is 0 Å². The Morgan fingerprint density at radius 2 is 1.31 bits per heavy atom. The van der Waals surface area contributed by atoms with Crippen LogP contribution < -0.4 is 0 Å². The van der Waals surface area contributed by atoms with Crippen molar-refractivity contribution in [1.82, 2.24) is 4.90 Å². The van der Waals surface area contributed by atoms with Crippen molar-refractivity contribution in [2.45, 2.75) is 90.9 Å². The fourth-order valence-electron chi connectivity index (χ4n) is 3.28. The predicted octanol–water partition coefficient (Wildman–Crippen LogP) is 6.99. The zero-order chi connectivity index (χ0) is 19.0. The molecular formula is C23H38FNO. The molecule has 0 bridgehead atoms. The van der Waals surface area contributed by atoms with E-state index in [1.807, 2.05) is 4.90 Å². The van der Waals surface area contributed by atoms with Gasteiger partial charge in [-0.15, -0.1) is 0 Å². The second-order valence-electron chi connectivity index (χ2n) is 7.34. The second-order valence-corrected chi connectivity index (χ2v) is 7.34. The maximum Gasteiger partial charge on any atom is 0.253 e. The summed E-state index contributed by atoms with van der Waals surface area (Å²) in [6.45, 7) is 6.02. The third-order valence-electron chi connectivity index (χ3n) is 4.92. The van der Waals surface area contributed by atoms with Crippen LogP contribution in [0.2, 0.25) is 0 Å². The van der Waals surface area contributed by atoms with Crippen LogP contribution in [-0.4, -0.2) is 23.9 Å². The van der Waals surface area contributed by atoms with Gasteiger partial charge in [-0.05, 0) is 31.0 Å². The van der Waals surface area contributed by atoms with E-state index in [1.54, 1.807) is 12.1 Å². The van der Waals surface area contributed by atoms with Gasteiger partial charge in [0.2, 0.25) is 0 Å². The lowest BCUT2D eigenvalue weighted by Gasteiger charge is -2.23. The number of nitrogens with zero attached hydrogens (tertiary/aromatic N) is 1. The van der Waals surface area contributed by atoms with Crippen molar-refractivity contribution in [3.63, 3.8) is 0 Å². The van der Waals surface area contributed by atoms with Gasteiger partial charge in [-0.1, -0.05) is 84.1 Å². The van der Waals surface area contributed by atoms with Gasteiger partial charge in [0.25, 0.3) is 5.91 Å². The van der Waals surface area contributed by atoms with Gasteiger partial charge in [-0.2, -0.15) is 0 Å². The molecule has 0 fully saturated rings. The molecule has 0 radical (unpaired) electrons. The van der Waals surface area contributed by atoms with Crippen molar-refractivity contribution in [3.8, 4) is 0 Å². The van der Waals surface area contributed by atoms with Crippen LogP contribution in [0.5, 0.6) is 0 Å². The minimum atomic E-state index is -0.338. The average molecular weight is 364 g/mol. The third-order valence-corrected chi connectivity index (χ3v) is 4.92. The number of carbonyl (C=O) groups excluding carboxylic acids is 1. The minimum Gasteiger partial charge on any atom is -0.339 e. The summed E-state index contributed by atoms with van der Waals surface area (Å²) in [6, 6.07) is 6.09. The van der Waals surface area contributed by atoms with E-state index in [0.717, 1.165) is 25.9 Å². The van der Waals surface area contributed by atoms with Crippen LogP contribution in [0.25, 0.3) is 0 Å². The third kappa shape index (κ3) is 9.94. The molecule has 1 aromatic rings. The summed E-state index contributed by atoms with van der Waals surface area (Å²) in [6.07, 6.45) is 14.6. The van der Waals surface area contributed by atoms with Crippen LogP contribution in [0.1, 0.15) is 101 Å². The average Bonchev–Trinajstić information content (AvgIpc) is 2.65. The Kier molecular flexibility index (Phi) is 12.9. The number of benzene rings is 1. The Balaban J connectivity index is 2.47. The van der Waals surface area contributed by atoms with E-state index in [0.29, 0.717) is 5.56 Å². The molecule has 3 heteroatoms. The molecule has 0 N–H and O–H groups in total. The van der Waals surface area contributed by atoms with Gasteiger partial charge in [-0.25, -0.2) is 4.39 Å². The zero-order valence-corrected chi connectivity index (χ0v) is 16.9. The van der Waals surface area contributed by atoms with Crippen molar-refractivity contribution in [3.05, 3.63) is 35.6 Å². The molecule has 0 heterocycles. The van der Waals surface area contributed by atoms with E-state index >= 15 is 0 Å². The minimum absolute atomic E-state index is 0.0217. The highest BCUT2D eigenvalue weighted by Crippen LogP contribution is 2.13. The van der Waals surface area contributed by atoms with E-state index in [1.165, 1.54) is 76.3 Å². The van der Waals surface area contributed by atoms with Crippen molar-refractivity contribution >= 4 is 5.91 Å². The molecule has 0 saturated carbocycles. The van der Waals surface area contributed by atoms with Crippen molar-refractivity contribution in [2.75, 3.05) is 13.1 Å². The van der Waals surface area contributed by atoms with Crippen LogP contribution in [0.3, 0.4) is 0 Å². The predicted molar refractivity (Wildman–Crippen MR) is 109 cm³/mol. The SMILES string of the molecule is CCCCCCCCN(CCCCCCCC)C(=O)c1cccc(F)c1. The fourth-order valence-corrected chi connectivity index (χ4v) is 3.28. The van der Waals surface area contributed by atoms with Gasteiger partial charge < -0.3 is 4.90 Å². The summed E-state index contributed by atoms with van der Waals surface area (Å²) >= 11 is 0. The van der Waals surface area contributed by atoms with Gasteiger partial charge >= 0.3 is 0 Å².